The summed E-state index contributed by atoms with van der Waals surface area (Å²) < 4.78 is 13.2. The molecule has 0 saturated heterocycles. The molecule has 0 fully saturated rings. The van der Waals surface area contributed by atoms with Gasteiger partial charge in [0.1, 0.15) is 17.2 Å². The van der Waals surface area contributed by atoms with Crippen LogP contribution < -0.4 is 4.74 Å². The largest absolute Gasteiger partial charge is 0.514 e. The first-order chi connectivity index (χ1) is 16.7. The van der Waals surface area contributed by atoms with Gasteiger partial charge in [0.15, 0.2) is 0 Å². The van der Waals surface area contributed by atoms with E-state index in [-0.39, 0.29) is 0 Å². The first-order valence-corrected chi connectivity index (χ1v) is 12.3. The Balaban J connectivity index is 1.59. The molecule has 5 heteroatoms. The maximum atomic E-state index is 12.2. The summed E-state index contributed by atoms with van der Waals surface area (Å²) in [4.78, 5) is 17.1. The number of ether oxygens (including phenoxy) is 2. The third-order valence-corrected chi connectivity index (χ3v) is 5.81. The summed E-state index contributed by atoms with van der Waals surface area (Å²) in [6, 6.07) is 22.4. The van der Waals surface area contributed by atoms with Crippen molar-refractivity contribution < 1.29 is 14.3 Å². The number of unbranched alkanes of at least 4 members (excludes halogenated alkanes) is 1. The van der Waals surface area contributed by atoms with Crippen LogP contribution >= 0.6 is 0 Å². The molecular formula is C30H34N2O3. The van der Waals surface area contributed by atoms with Crippen LogP contribution in [-0.2, 0) is 17.7 Å². The molecule has 0 amide bonds. The predicted octanol–water partition coefficient (Wildman–Crippen LogP) is 7.72. The molecule has 0 aliphatic carbocycles. The fourth-order valence-corrected chi connectivity index (χ4v) is 4.11. The van der Waals surface area contributed by atoms with E-state index in [1.807, 2.05) is 39.0 Å². The van der Waals surface area contributed by atoms with Gasteiger partial charge in [-0.1, -0.05) is 61.9 Å². The number of rotatable bonds is 7. The zero-order valence-corrected chi connectivity index (χ0v) is 21.3. The molecule has 182 valence electrons. The molecule has 0 unspecified atom stereocenters. The molecule has 0 spiro atoms. The monoisotopic (exact) mass is 470 g/mol. The van der Waals surface area contributed by atoms with Crippen LogP contribution in [0.25, 0.3) is 22.2 Å². The molecular weight excluding hydrogens is 436 g/mol. The Labute approximate surface area is 207 Å². The molecule has 1 aromatic heterocycles. The molecule has 35 heavy (non-hydrogen) atoms. The van der Waals surface area contributed by atoms with Crippen molar-refractivity contribution in [2.75, 3.05) is 0 Å². The maximum absolute atomic E-state index is 12.2. The number of aryl methyl sites for hydroxylation is 2. The summed E-state index contributed by atoms with van der Waals surface area (Å²) in [6.45, 7) is 10.5. The van der Waals surface area contributed by atoms with Crippen LogP contribution in [0.2, 0.25) is 0 Å². The van der Waals surface area contributed by atoms with Gasteiger partial charge >= 0.3 is 6.16 Å². The van der Waals surface area contributed by atoms with Crippen molar-refractivity contribution in [3.63, 3.8) is 0 Å². The lowest BCUT2D eigenvalue weighted by molar-refractivity contribution is 0.0207. The first-order valence-electron chi connectivity index (χ1n) is 12.3. The third kappa shape index (κ3) is 6.10. The second kappa shape index (κ2) is 10.3. The number of carbonyl (C=O) groups excluding carboxylic acids is 1. The van der Waals surface area contributed by atoms with E-state index >= 15 is 0 Å². The van der Waals surface area contributed by atoms with Crippen molar-refractivity contribution in [1.29, 1.82) is 0 Å². The number of benzene rings is 3. The highest BCUT2D eigenvalue weighted by Crippen LogP contribution is 2.31. The number of hydrogen-bond donors (Lipinski definition) is 0. The third-order valence-electron chi connectivity index (χ3n) is 5.81. The van der Waals surface area contributed by atoms with E-state index in [1.54, 1.807) is 6.07 Å². The van der Waals surface area contributed by atoms with Gasteiger partial charge in [-0.05, 0) is 69.0 Å². The van der Waals surface area contributed by atoms with Crippen LogP contribution in [0.1, 0.15) is 57.5 Å². The van der Waals surface area contributed by atoms with Gasteiger partial charge in [-0.15, -0.1) is 0 Å². The lowest BCUT2D eigenvalue weighted by atomic mass is 10.0. The molecule has 1 heterocycles. The second-order valence-corrected chi connectivity index (χ2v) is 9.97. The number of hydrogen-bond acceptors (Lipinski definition) is 4. The van der Waals surface area contributed by atoms with Gasteiger partial charge in [-0.2, -0.15) is 0 Å². The number of fused-ring (bicyclic) bond motifs is 1. The Morgan fingerprint density at radius 2 is 1.74 bits per heavy atom. The van der Waals surface area contributed by atoms with Gasteiger partial charge in [0, 0.05) is 18.5 Å². The van der Waals surface area contributed by atoms with Crippen molar-refractivity contribution >= 4 is 17.2 Å². The lowest BCUT2D eigenvalue weighted by Crippen LogP contribution is -2.26. The van der Waals surface area contributed by atoms with Gasteiger partial charge in [0.2, 0.25) is 0 Å². The summed E-state index contributed by atoms with van der Waals surface area (Å²) in [5.41, 5.74) is 5.86. The molecule has 0 bridgehead atoms. The van der Waals surface area contributed by atoms with Crippen molar-refractivity contribution in [3.05, 3.63) is 83.7 Å². The number of nitrogens with zero attached hydrogens (tertiary/aromatic N) is 2. The summed E-state index contributed by atoms with van der Waals surface area (Å²) in [5.74, 6) is 1.61. The summed E-state index contributed by atoms with van der Waals surface area (Å²) in [5, 5.41) is 0. The lowest BCUT2D eigenvalue weighted by Gasteiger charge is -2.19. The van der Waals surface area contributed by atoms with Crippen LogP contribution in [0.5, 0.6) is 5.75 Å². The van der Waals surface area contributed by atoms with E-state index in [9.17, 15) is 4.79 Å². The SMILES string of the molecule is CCCCc1nc2ccc(C)cc2n1Cc1ccc(-c2ccccc2OC(=O)OC(C)(C)C)cc1. The van der Waals surface area contributed by atoms with E-state index in [1.165, 1.54) is 16.6 Å². The minimum atomic E-state index is -0.705. The molecule has 0 saturated carbocycles. The van der Waals surface area contributed by atoms with E-state index in [4.69, 9.17) is 14.5 Å². The fraction of sp³-hybridized carbons (Fsp3) is 0.333. The van der Waals surface area contributed by atoms with E-state index in [0.29, 0.717) is 5.75 Å². The molecule has 0 aliphatic heterocycles. The molecule has 0 radical (unpaired) electrons. The molecule has 3 aromatic carbocycles. The number of aromatic nitrogens is 2. The Hall–Kier alpha value is -3.60. The highest BCUT2D eigenvalue weighted by molar-refractivity contribution is 5.77. The Bertz CT molecular complexity index is 1310. The first kappa shape index (κ1) is 24.5. The van der Waals surface area contributed by atoms with Gasteiger partial charge in [0.05, 0.1) is 11.0 Å². The highest BCUT2D eigenvalue weighted by atomic mass is 16.7. The summed E-state index contributed by atoms with van der Waals surface area (Å²) >= 11 is 0. The maximum Gasteiger partial charge on any atom is 0.514 e. The zero-order chi connectivity index (χ0) is 25.0. The fourth-order valence-electron chi connectivity index (χ4n) is 4.11. The highest BCUT2D eigenvalue weighted by Gasteiger charge is 2.19. The Morgan fingerprint density at radius 3 is 2.46 bits per heavy atom. The van der Waals surface area contributed by atoms with Crippen LogP contribution in [0, 0.1) is 6.92 Å². The van der Waals surface area contributed by atoms with Crippen molar-refractivity contribution in [3.8, 4) is 16.9 Å². The Morgan fingerprint density at radius 1 is 1.00 bits per heavy atom. The smallest absolute Gasteiger partial charge is 0.428 e. The quantitative estimate of drug-likeness (QED) is 0.205. The molecule has 0 N–H and O–H groups in total. The van der Waals surface area contributed by atoms with Gasteiger partial charge < -0.3 is 14.0 Å². The number of carbonyl (C=O) groups is 1. The topological polar surface area (TPSA) is 53.4 Å². The van der Waals surface area contributed by atoms with Crippen LogP contribution in [0.3, 0.4) is 0 Å². The standard InChI is InChI=1S/C30H34N2O3/c1-6-7-12-28-31-25-18-13-21(2)19-26(25)32(28)20-22-14-16-23(17-15-22)24-10-8-9-11-27(24)34-29(33)35-30(3,4)5/h8-11,13-19H,6-7,12,20H2,1-5H3. The molecule has 4 rings (SSSR count). The summed E-state index contributed by atoms with van der Waals surface area (Å²) in [7, 11) is 0. The molecule has 0 atom stereocenters. The van der Waals surface area contributed by atoms with Gasteiger partial charge in [0.25, 0.3) is 0 Å². The van der Waals surface area contributed by atoms with Crippen LogP contribution in [-0.4, -0.2) is 21.3 Å². The zero-order valence-electron chi connectivity index (χ0n) is 21.3. The van der Waals surface area contributed by atoms with E-state index in [2.05, 4.69) is 60.9 Å². The van der Waals surface area contributed by atoms with Crippen molar-refractivity contribution in [1.82, 2.24) is 9.55 Å². The van der Waals surface area contributed by atoms with Crippen LogP contribution in [0.15, 0.2) is 66.7 Å². The van der Waals surface area contributed by atoms with Crippen LogP contribution in [0.4, 0.5) is 4.79 Å². The molecule has 0 aliphatic rings. The van der Waals surface area contributed by atoms with E-state index < -0.39 is 11.8 Å². The van der Waals surface area contributed by atoms with E-state index in [0.717, 1.165) is 48.3 Å². The van der Waals surface area contributed by atoms with Gasteiger partial charge in [-0.3, -0.25) is 0 Å². The average molecular weight is 471 g/mol. The van der Waals surface area contributed by atoms with Gasteiger partial charge in [-0.25, -0.2) is 9.78 Å². The minimum Gasteiger partial charge on any atom is -0.428 e. The number of para-hydroxylation sites is 1. The summed E-state index contributed by atoms with van der Waals surface area (Å²) in [6.07, 6.45) is 2.53. The predicted molar refractivity (Wildman–Crippen MR) is 141 cm³/mol. The molecule has 4 aromatic rings. The minimum absolute atomic E-state index is 0.479. The Kier molecular flexibility index (Phi) is 7.25. The van der Waals surface area contributed by atoms with Crippen molar-refractivity contribution in [2.45, 2.75) is 66.0 Å². The number of imidazole rings is 1. The second-order valence-electron chi connectivity index (χ2n) is 9.97. The normalized spacial score (nSPS) is 11.6. The molecule has 5 nitrogen and oxygen atoms in total. The van der Waals surface area contributed by atoms with Crippen molar-refractivity contribution in [2.24, 2.45) is 0 Å². The average Bonchev–Trinajstić information content (AvgIpc) is 3.14.